The van der Waals surface area contributed by atoms with Crippen LogP contribution in [0.5, 0.6) is 5.75 Å². The van der Waals surface area contributed by atoms with Gasteiger partial charge >= 0.3 is 5.97 Å². The number of hydrogen-bond donors (Lipinski definition) is 1. The third-order valence-corrected chi connectivity index (χ3v) is 6.40. The van der Waals surface area contributed by atoms with Gasteiger partial charge in [0.15, 0.2) is 6.61 Å². The Bertz CT molecular complexity index is 1300. The van der Waals surface area contributed by atoms with Gasteiger partial charge in [-0.2, -0.15) is 0 Å². The van der Waals surface area contributed by atoms with E-state index in [1.165, 1.54) is 0 Å². The largest absolute Gasteiger partial charge is 0.483 e. The molecule has 8 nitrogen and oxygen atoms in total. The van der Waals surface area contributed by atoms with Gasteiger partial charge in [0.25, 0.3) is 11.8 Å². The van der Waals surface area contributed by atoms with Crippen LogP contribution in [-0.4, -0.2) is 62.1 Å². The fraction of sp³-hybridized carbons (Fsp3) is 0.300. The Morgan fingerprint density at radius 2 is 1.61 bits per heavy atom. The number of esters is 1. The van der Waals surface area contributed by atoms with Crippen LogP contribution in [0, 0.1) is 13.8 Å². The van der Waals surface area contributed by atoms with E-state index in [-0.39, 0.29) is 25.0 Å². The van der Waals surface area contributed by atoms with Gasteiger partial charge in [0.05, 0.1) is 23.5 Å². The SMILES string of the molecule is CCOC(=O)c1ccc(N2CCN(C(=O)c3ccccc3)CC2)c(NC(=O)COc2ccc(C)cc2C)c1. The minimum absolute atomic E-state index is 0.0000156. The number of hydrogen-bond acceptors (Lipinski definition) is 6. The lowest BCUT2D eigenvalue weighted by molar-refractivity contribution is -0.118. The number of aryl methyl sites for hydroxylation is 2. The quantitative estimate of drug-likeness (QED) is 0.446. The Hall–Kier alpha value is -4.33. The number of nitrogens with one attached hydrogen (secondary N) is 1. The van der Waals surface area contributed by atoms with E-state index in [0.29, 0.717) is 48.7 Å². The van der Waals surface area contributed by atoms with Gasteiger partial charge in [-0.1, -0.05) is 35.9 Å². The minimum Gasteiger partial charge on any atom is -0.483 e. The van der Waals surface area contributed by atoms with Gasteiger partial charge in [-0.15, -0.1) is 0 Å². The lowest BCUT2D eigenvalue weighted by Gasteiger charge is -2.37. The highest BCUT2D eigenvalue weighted by molar-refractivity contribution is 5.99. The molecule has 0 atom stereocenters. The average molecular weight is 516 g/mol. The number of ether oxygens (including phenoxy) is 2. The first kappa shape index (κ1) is 26.7. The molecule has 1 saturated heterocycles. The van der Waals surface area contributed by atoms with Crippen LogP contribution >= 0.6 is 0 Å². The van der Waals surface area contributed by atoms with E-state index in [0.717, 1.165) is 16.8 Å². The third kappa shape index (κ3) is 6.51. The van der Waals surface area contributed by atoms with E-state index in [9.17, 15) is 14.4 Å². The molecule has 38 heavy (non-hydrogen) atoms. The highest BCUT2D eigenvalue weighted by Gasteiger charge is 2.24. The highest BCUT2D eigenvalue weighted by Crippen LogP contribution is 2.29. The first-order chi connectivity index (χ1) is 18.4. The first-order valence-corrected chi connectivity index (χ1v) is 12.8. The van der Waals surface area contributed by atoms with Crippen molar-refractivity contribution in [1.29, 1.82) is 0 Å². The molecule has 8 heteroatoms. The molecule has 0 aromatic heterocycles. The van der Waals surface area contributed by atoms with Crippen molar-refractivity contribution in [2.45, 2.75) is 20.8 Å². The zero-order valence-corrected chi connectivity index (χ0v) is 22.0. The Morgan fingerprint density at radius 3 is 2.29 bits per heavy atom. The standard InChI is InChI=1S/C30H33N3O5/c1-4-37-30(36)24-11-12-26(32-14-16-33(17-15-32)29(35)23-8-6-5-7-9-23)25(19-24)31-28(34)20-38-27-13-10-21(2)18-22(27)3/h5-13,18-19H,4,14-17,20H2,1-3H3,(H,31,34). The summed E-state index contributed by atoms with van der Waals surface area (Å²) in [7, 11) is 0. The van der Waals surface area contributed by atoms with Crippen molar-refractivity contribution >= 4 is 29.2 Å². The fourth-order valence-corrected chi connectivity index (χ4v) is 4.46. The Labute approximate surface area is 223 Å². The molecule has 0 aliphatic carbocycles. The lowest BCUT2D eigenvalue weighted by atomic mass is 10.1. The molecule has 1 aliphatic heterocycles. The van der Waals surface area contributed by atoms with Gasteiger partial charge < -0.3 is 24.6 Å². The number of amides is 2. The average Bonchev–Trinajstić information content (AvgIpc) is 2.93. The van der Waals surface area contributed by atoms with Crippen molar-refractivity contribution in [3.8, 4) is 5.75 Å². The second-order valence-corrected chi connectivity index (χ2v) is 9.20. The van der Waals surface area contributed by atoms with Crippen molar-refractivity contribution in [2.75, 3.05) is 49.6 Å². The smallest absolute Gasteiger partial charge is 0.338 e. The summed E-state index contributed by atoms with van der Waals surface area (Å²) in [5, 5.41) is 2.91. The Balaban J connectivity index is 1.47. The first-order valence-electron chi connectivity index (χ1n) is 12.8. The number of anilines is 2. The summed E-state index contributed by atoms with van der Waals surface area (Å²) in [5.74, 6) is -0.157. The zero-order valence-electron chi connectivity index (χ0n) is 22.0. The van der Waals surface area contributed by atoms with E-state index in [1.54, 1.807) is 19.1 Å². The molecule has 3 aromatic carbocycles. The number of rotatable bonds is 8. The maximum atomic E-state index is 12.9. The molecular formula is C30H33N3O5. The van der Waals surface area contributed by atoms with Crippen LogP contribution in [-0.2, 0) is 9.53 Å². The van der Waals surface area contributed by atoms with E-state index in [4.69, 9.17) is 9.47 Å². The van der Waals surface area contributed by atoms with Gasteiger partial charge in [-0.05, 0) is 62.7 Å². The molecule has 1 aliphatic rings. The van der Waals surface area contributed by atoms with Gasteiger partial charge in [-0.25, -0.2) is 4.79 Å². The normalized spacial score (nSPS) is 13.1. The van der Waals surface area contributed by atoms with Gasteiger partial charge in [0.2, 0.25) is 0 Å². The summed E-state index contributed by atoms with van der Waals surface area (Å²) in [6, 6.07) is 20.1. The predicted molar refractivity (Wildman–Crippen MR) is 147 cm³/mol. The molecule has 0 saturated carbocycles. The number of carbonyl (C=O) groups excluding carboxylic acids is 3. The van der Waals surface area contributed by atoms with Crippen LogP contribution in [0.3, 0.4) is 0 Å². The zero-order chi connectivity index (χ0) is 27.1. The van der Waals surface area contributed by atoms with Crippen LogP contribution < -0.4 is 15.0 Å². The minimum atomic E-state index is -0.459. The molecule has 198 valence electrons. The summed E-state index contributed by atoms with van der Waals surface area (Å²) in [6.07, 6.45) is 0. The van der Waals surface area contributed by atoms with Crippen LogP contribution in [0.15, 0.2) is 66.7 Å². The third-order valence-electron chi connectivity index (χ3n) is 6.40. The van der Waals surface area contributed by atoms with Crippen molar-refractivity contribution in [2.24, 2.45) is 0 Å². The second kappa shape index (κ2) is 12.3. The van der Waals surface area contributed by atoms with Gasteiger partial charge in [0.1, 0.15) is 5.75 Å². The number of benzene rings is 3. The van der Waals surface area contributed by atoms with E-state index >= 15 is 0 Å². The monoisotopic (exact) mass is 515 g/mol. The second-order valence-electron chi connectivity index (χ2n) is 9.20. The van der Waals surface area contributed by atoms with Crippen molar-refractivity contribution < 1.29 is 23.9 Å². The molecule has 1 N–H and O–H groups in total. The van der Waals surface area contributed by atoms with Crippen molar-refractivity contribution in [3.63, 3.8) is 0 Å². The van der Waals surface area contributed by atoms with Gasteiger partial charge in [0, 0.05) is 31.7 Å². The van der Waals surface area contributed by atoms with Crippen LogP contribution in [0.25, 0.3) is 0 Å². The predicted octanol–water partition coefficient (Wildman–Crippen LogP) is 4.46. The van der Waals surface area contributed by atoms with E-state index in [2.05, 4.69) is 10.2 Å². The van der Waals surface area contributed by atoms with E-state index < -0.39 is 5.97 Å². The maximum absolute atomic E-state index is 12.9. The lowest BCUT2D eigenvalue weighted by Crippen LogP contribution is -2.49. The summed E-state index contributed by atoms with van der Waals surface area (Å²) in [4.78, 5) is 42.0. The molecule has 4 rings (SSSR count). The molecule has 0 spiro atoms. The summed E-state index contributed by atoms with van der Waals surface area (Å²) >= 11 is 0. The highest BCUT2D eigenvalue weighted by atomic mass is 16.5. The molecule has 0 radical (unpaired) electrons. The number of carbonyl (C=O) groups is 3. The molecule has 1 fully saturated rings. The van der Waals surface area contributed by atoms with Crippen LogP contribution in [0.2, 0.25) is 0 Å². The fourth-order valence-electron chi connectivity index (χ4n) is 4.46. The Kier molecular flexibility index (Phi) is 8.63. The molecule has 0 bridgehead atoms. The summed E-state index contributed by atoms with van der Waals surface area (Å²) < 4.78 is 10.9. The number of nitrogens with zero attached hydrogens (tertiary/aromatic N) is 2. The van der Waals surface area contributed by atoms with E-state index in [1.807, 2.05) is 73.3 Å². The topological polar surface area (TPSA) is 88.2 Å². The van der Waals surface area contributed by atoms with Gasteiger partial charge in [-0.3, -0.25) is 9.59 Å². The number of piperazine rings is 1. The molecule has 3 aromatic rings. The molecule has 1 heterocycles. The maximum Gasteiger partial charge on any atom is 0.338 e. The molecule has 0 unspecified atom stereocenters. The summed E-state index contributed by atoms with van der Waals surface area (Å²) in [6.45, 7) is 8.00. The van der Waals surface area contributed by atoms with Crippen molar-refractivity contribution in [3.05, 3.63) is 89.0 Å². The van der Waals surface area contributed by atoms with Crippen LogP contribution in [0.1, 0.15) is 38.8 Å². The summed E-state index contributed by atoms with van der Waals surface area (Å²) in [5.41, 5.74) is 4.34. The molecular weight excluding hydrogens is 482 g/mol. The Morgan fingerprint density at radius 1 is 0.868 bits per heavy atom. The van der Waals surface area contributed by atoms with Crippen LogP contribution in [0.4, 0.5) is 11.4 Å². The van der Waals surface area contributed by atoms with Crippen molar-refractivity contribution in [1.82, 2.24) is 4.90 Å². The molecule has 2 amide bonds.